The molecule has 0 unspecified atom stereocenters. The van der Waals surface area contributed by atoms with E-state index in [0.29, 0.717) is 0 Å². The number of hydrogen-bond donors (Lipinski definition) is 7. The predicted octanol–water partition coefficient (Wildman–Crippen LogP) is -2.68. The molecule has 0 spiro atoms. The lowest BCUT2D eigenvalue weighted by atomic mass is 10.2. The van der Waals surface area contributed by atoms with E-state index in [-0.39, 0.29) is 0 Å². The second kappa shape index (κ2) is 12.1. The summed E-state index contributed by atoms with van der Waals surface area (Å²) in [6, 6.07) is -2.85. The maximum atomic E-state index is 9.85. The van der Waals surface area contributed by atoms with Crippen LogP contribution in [-0.4, -0.2) is 51.3 Å². The number of amides is 2. The number of rotatable bonds is 4. The van der Waals surface area contributed by atoms with Gasteiger partial charge in [-0.3, -0.25) is 14.4 Å². The fourth-order valence-electron chi connectivity index (χ4n) is 0.275. The lowest BCUT2D eigenvalue weighted by Gasteiger charge is -1.99. The first-order valence-electron chi connectivity index (χ1n) is 4.65. The molecular formula is C8H18N4O7. The third kappa shape index (κ3) is 31.3. The average molecular weight is 282 g/mol. The van der Waals surface area contributed by atoms with E-state index in [9.17, 15) is 14.4 Å². The van der Waals surface area contributed by atoms with Crippen molar-refractivity contribution in [1.29, 1.82) is 0 Å². The molecule has 0 bridgehead atoms. The number of aliphatic carboxylic acids is 3. The maximum absolute atomic E-state index is 9.85. The number of carbonyl (C=O) groups is 4. The highest BCUT2D eigenvalue weighted by atomic mass is 16.4. The molecule has 0 saturated carbocycles. The Kier molecular flexibility index (Phi) is 13.9. The van der Waals surface area contributed by atoms with Gasteiger partial charge in [0, 0.05) is 0 Å². The van der Waals surface area contributed by atoms with Crippen LogP contribution in [0.15, 0.2) is 0 Å². The topological polar surface area (TPSA) is 233 Å². The van der Waals surface area contributed by atoms with Crippen molar-refractivity contribution in [3.8, 4) is 0 Å². The van der Waals surface area contributed by atoms with E-state index in [2.05, 4.69) is 11.5 Å². The van der Waals surface area contributed by atoms with Gasteiger partial charge in [0.2, 0.25) is 0 Å². The van der Waals surface area contributed by atoms with Gasteiger partial charge in [-0.25, -0.2) is 4.79 Å². The van der Waals surface area contributed by atoms with Gasteiger partial charge in [-0.05, 0) is 6.92 Å². The fraction of sp³-hybridized carbons (Fsp3) is 0.500. The van der Waals surface area contributed by atoms with Crippen molar-refractivity contribution in [2.45, 2.75) is 25.4 Å². The van der Waals surface area contributed by atoms with Crippen LogP contribution in [0.2, 0.25) is 0 Å². The molecule has 0 aromatic rings. The molecule has 11 heteroatoms. The highest BCUT2D eigenvalue weighted by molar-refractivity contribution is 5.80. The molecular weight excluding hydrogens is 264 g/mol. The van der Waals surface area contributed by atoms with Gasteiger partial charge in [0.25, 0.3) is 0 Å². The van der Waals surface area contributed by atoms with Gasteiger partial charge in [0.15, 0.2) is 0 Å². The van der Waals surface area contributed by atoms with Crippen LogP contribution in [0, 0.1) is 0 Å². The van der Waals surface area contributed by atoms with Crippen molar-refractivity contribution < 1.29 is 34.5 Å². The number of carbonyl (C=O) groups excluding carboxylic acids is 1. The summed E-state index contributed by atoms with van der Waals surface area (Å²) in [7, 11) is 0. The molecule has 0 fully saturated rings. The first-order chi connectivity index (χ1) is 8.41. The molecule has 11 nitrogen and oxygen atoms in total. The van der Waals surface area contributed by atoms with Gasteiger partial charge in [0.1, 0.15) is 12.1 Å². The van der Waals surface area contributed by atoms with Crippen molar-refractivity contribution in [3.05, 3.63) is 0 Å². The lowest BCUT2D eigenvalue weighted by Crippen LogP contribution is -2.32. The molecule has 0 aromatic heterocycles. The highest BCUT2D eigenvalue weighted by Gasteiger charge is 2.14. The fourth-order valence-corrected chi connectivity index (χ4v) is 0.275. The maximum Gasteiger partial charge on any atom is 0.321 e. The van der Waals surface area contributed by atoms with Gasteiger partial charge in [0.05, 0.1) is 6.42 Å². The summed E-state index contributed by atoms with van der Waals surface area (Å²) in [5.74, 6) is -3.46. The quantitative estimate of drug-likeness (QED) is 0.284. The van der Waals surface area contributed by atoms with Crippen LogP contribution in [0.5, 0.6) is 0 Å². The van der Waals surface area contributed by atoms with E-state index in [0.717, 1.165) is 0 Å². The summed E-state index contributed by atoms with van der Waals surface area (Å²) < 4.78 is 0. The van der Waals surface area contributed by atoms with Gasteiger partial charge in [-0.2, -0.15) is 0 Å². The Bertz CT molecular complexity index is 314. The molecule has 2 atom stereocenters. The SMILES string of the molecule is C[C@H](N)C(=O)O.NC(N)=O.N[C@@H](CC(=O)O)C(=O)O. The third-order valence-corrected chi connectivity index (χ3v) is 1.10. The standard InChI is InChI=1S/C4H7NO4.C3H7NO2.CH4N2O/c5-2(4(8)9)1-3(6)7;1-2(4)3(5)6;2-1(3)4/h2H,1,5H2,(H,6,7)(H,8,9);2H,4H2,1H3,(H,5,6);(H4,2,3,4)/t2*2-;/m00./s1. The summed E-state index contributed by atoms with van der Waals surface area (Å²) in [5, 5.41) is 23.9. The van der Waals surface area contributed by atoms with E-state index in [4.69, 9.17) is 31.6 Å². The number of primary amides is 2. The van der Waals surface area contributed by atoms with E-state index >= 15 is 0 Å². The van der Waals surface area contributed by atoms with Gasteiger partial charge < -0.3 is 38.3 Å². The molecule has 0 aliphatic rings. The van der Waals surface area contributed by atoms with Crippen LogP contribution in [0.4, 0.5) is 4.79 Å². The number of hydrogen-bond acceptors (Lipinski definition) is 6. The molecule has 19 heavy (non-hydrogen) atoms. The second-order valence-electron chi connectivity index (χ2n) is 3.07. The van der Waals surface area contributed by atoms with Crippen LogP contribution >= 0.6 is 0 Å². The largest absolute Gasteiger partial charge is 0.481 e. The Morgan fingerprint density at radius 1 is 0.947 bits per heavy atom. The van der Waals surface area contributed by atoms with Gasteiger partial charge in [-0.1, -0.05) is 0 Å². The highest BCUT2D eigenvalue weighted by Crippen LogP contribution is 1.86. The van der Waals surface area contributed by atoms with E-state index in [1.807, 2.05) is 0 Å². The normalized spacial score (nSPS) is 11.5. The molecule has 11 N–H and O–H groups in total. The van der Waals surface area contributed by atoms with Gasteiger partial charge in [-0.15, -0.1) is 0 Å². The lowest BCUT2D eigenvalue weighted by molar-refractivity contribution is -0.144. The second-order valence-corrected chi connectivity index (χ2v) is 3.07. The summed E-state index contributed by atoms with van der Waals surface area (Å²) in [4.78, 5) is 38.2. The van der Waals surface area contributed by atoms with Crippen molar-refractivity contribution in [2.75, 3.05) is 0 Å². The van der Waals surface area contributed by atoms with Crippen LogP contribution < -0.4 is 22.9 Å². The summed E-state index contributed by atoms with van der Waals surface area (Å²) >= 11 is 0. The summed E-state index contributed by atoms with van der Waals surface area (Å²) in [5.41, 5.74) is 18.2. The average Bonchev–Trinajstić information content (AvgIpc) is 2.15. The number of carboxylic acid groups (broad SMARTS) is 3. The zero-order chi connectivity index (χ0) is 16.2. The predicted molar refractivity (Wildman–Crippen MR) is 62.9 cm³/mol. The summed E-state index contributed by atoms with van der Waals surface area (Å²) in [6.07, 6.45) is -0.532. The van der Waals surface area contributed by atoms with E-state index in [1.54, 1.807) is 0 Å². The Hall–Kier alpha value is -2.40. The van der Waals surface area contributed by atoms with Crippen molar-refractivity contribution in [2.24, 2.45) is 22.9 Å². The third-order valence-electron chi connectivity index (χ3n) is 1.10. The molecule has 0 aliphatic heterocycles. The van der Waals surface area contributed by atoms with Gasteiger partial charge >= 0.3 is 23.9 Å². The monoisotopic (exact) mass is 282 g/mol. The molecule has 0 radical (unpaired) electrons. The molecule has 0 aliphatic carbocycles. The molecule has 112 valence electrons. The Morgan fingerprint density at radius 3 is 1.26 bits per heavy atom. The zero-order valence-corrected chi connectivity index (χ0v) is 10.1. The van der Waals surface area contributed by atoms with Crippen molar-refractivity contribution in [3.63, 3.8) is 0 Å². The minimum absolute atomic E-state index is 0.532. The zero-order valence-electron chi connectivity index (χ0n) is 10.1. The van der Waals surface area contributed by atoms with E-state index < -0.39 is 42.4 Å². The molecule has 0 heterocycles. The first-order valence-corrected chi connectivity index (χ1v) is 4.65. The Balaban J connectivity index is -0.000000222. The van der Waals surface area contributed by atoms with E-state index in [1.165, 1.54) is 6.92 Å². The number of nitrogens with two attached hydrogens (primary N) is 4. The Morgan fingerprint density at radius 2 is 1.21 bits per heavy atom. The van der Waals surface area contributed by atoms with Crippen LogP contribution in [0.25, 0.3) is 0 Å². The minimum Gasteiger partial charge on any atom is -0.481 e. The first kappa shape index (κ1) is 21.8. The van der Waals surface area contributed by atoms with Crippen LogP contribution in [0.3, 0.4) is 0 Å². The number of urea groups is 1. The number of carboxylic acids is 3. The van der Waals surface area contributed by atoms with Crippen LogP contribution in [-0.2, 0) is 14.4 Å². The molecule has 2 amide bonds. The molecule has 0 aromatic carbocycles. The minimum atomic E-state index is -1.29. The summed E-state index contributed by atoms with van der Waals surface area (Å²) in [6.45, 7) is 1.42. The Labute approximate surface area is 108 Å². The van der Waals surface area contributed by atoms with Crippen molar-refractivity contribution in [1.82, 2.24) is 0 Å². The molecule has 0 saturated heterocycles. The smallest absolute Gasteiger partial charge is 0.321 e. The molecule has 0 rings (SSSR count). The van der Waals surface area contributed by atoms with Crippen molar-refractivity contribution >= 4 is 23.9 Å². The van der Waals surface area contributed by atoms with Crippen LogP contribution in [0.1, 0.15) is 13.3 Å².